The maximum absolute atomic E-state index is 5.21. The van der Waals surface area contributed by atoms with Gasteiger partial charge in [-0.25, -0.2) is 4.99 Å². The largest absolute Gasteiger partial charge is 0.248 e. The lowest BCUT2D eigenvalue weighted by Crippen LogP contribution is -1.90. The average Bonchev–Trinajstić information content (AvgIpc) is 3.11. The van der Waals surface area contributed by atoms with Crippen molar-refractivity contribution in [3.8, 4) is 0 Å². The highest BCUT2D eigenvalue weighted by atomic mass is 33.1. The maximum Gasteiger partial charge on any atom is 0.0781 e. The highest BCUT2D eigenvalue weighted by molar-refractivity contribution is 8.62. The normalized spacial score (nSPS) is 16.2. The molecule has 0 bridgehead atoms. The van der Waals surface area contributed by atoms with Gasteiger partial charge in [0.2, 0.25) is 0 Å². The van der Waals surface area contributed by atoms with E-state index in [-0.39, 0.29) is 0 Å². The van der Waals surface area contributed by atoms with Crippen LogP contribution >= 0.6 is 11.8 Å². The molecule has 0 fully saturated rings. The van der Waals surface area contributed by atoms with Crippen molar-refractivity contribution in [2.45, 2.75) is 14.7 Å². The predicted molar refractivity (Wildman–Crippen MR) is 85.5 cm³/mol. The number of nitrogens with zero attached hydrogens (tertiary/aromatic N) is 1. The number of rotatable bonds is 0. The molecule has 0 saturated carbocycles. The Bertz CT molecular complexity index is 711. The summed E-state index contributed by atoms with van der Waals surface area (Å²) in [5.41, 5.74) is 2.68. The van der Waals surface area contributed by atoms with E-state index in [9.17, 15) is 0 Å². The molecule has 2 heterocycles. The van der Waals surface area contributed by atoms with E-state index in [4.69, 9.17) is 22.4 Å². The fourth-order valence-electron chi connectivity index (χ4n) is 1.60. The third-order valence-corrected chi connectivity index (χ3v) is 6.41. The SMILES string of the molecule is S=S1(=S)C=Nc2ccccc21.c1ccc2c(c1)S2. The van der Waals surface area contributed by atoms with E-state index >= 15 is 0 Å². The monoisotopic (exact) mass is 307 g/mol. The van der Waals surface area contributed by atoms with Crippen molar-refractivity contribution in [3.05, 3.63) is 48.5 Å². The molecule has 4 rings (SSSR count). The second-order valence-electron chi connectivity index (χ2n) is 3.80. The lowest BCUT2D eigenvalue weighted by molar-refractivity contribution is 1.38. The van der Waals surface area contributed by atoms with Gasteiger partial charge in [-0.3, -0.25) is 0 Å². The Balaban J connectivity index is 0.000000122. The summed E-state index contributed by atoms with van der Waals surface area (Å²) < 4.78 is 0. The van der Waals surface area contributed by atoms with Crippen molar-refractivity contribution in [1.82, 2.24) is 0 Å². The molecule has 2 aromatic rings. The van der Waals surface area contributed by atoms with Crippen molar-refractivity contribution >= 4 is 52.5 Å². The molecule has 0 spiro atoms. The van der Waals surface area contributed by atoms with Gasteiger partial charge in [0.15, 0.2) is 0 Å². The smallest absolute Gasteiger partial charge is 0.0781 e. The van der Waals surface area contributed by atoms with E-state index < -0.39 is 7.15 Å². The zero-order valence-corrected chi connectivity index (χ0v) is 12.5. The van der Waals surface area contributed by atoms with Crippen molar-refractivity contribution < 1.29 is 0 Å². The van der Waals surface area contributed by atoms with Crippen molar-refractivity contribution in [3.63, 3.8) is 0 Å². The molecule has 0 unspecified atom stereocenters. The van der Waals surface area contributed by atoms with Gasteiger partial charge in [-0.2, -0.15) is 0 Å². The third-order valence-electron chi connectivity index (χ3n) is 2.53. The molecule has 0 atom stereocenters. The van der Waals surface area contributed by atoms with Gasteiger partial charge in [0, 0.05) is 14.7 Å². The third kappa shape index (κ3) is 2.49. The molecule has 2 aliphatic rings. The minimum absolute atomic E-state index is 0.951. The molecule has 0 radical (unpaired) electrons. The van der Waals surface area contributed by atoms with Gasteiger partial charge in [0.1, 0.15) is 0 Å². The number of benzene rings is 2. The molecule has 0 saturated heterocycles. The average molecular weight is 307 g/mol. The first kappa shape index (κ1) is 12.3. The minimum Gasteiger partial charge on any atom is -0.248 e. The fourth-order valence-corrected chi connectivity index (χ4v) is 4.36. The molecular formula is C13H9NS4. The first-order chi connectivity index (χ1) is 8.67. The van der Waals surface area contributed by atoms with Gasteiger partial charge >= 0.3 is 0 Å². The second-order valence-corrected chi connectivity index (χ2v) is 10.4. The van der Waals surface area contributed by atoms with Crippen molar-refractivity contribution in [1.29, 1.82) is 0 Å². The quantitative estimate of drug-likeness (QED) is 0.584. The van der Waals surface area contributed by atoms with Crippen LogP contribution in [0.5, 0.6) is 0 Å². The molecule has 0 N–H and O–H groups in total. The van der Waals surface area contributed by atoms with Crippen LogP contribution in [-0.2, 0) is 29.5 Å². The number of hydrogen-bond acceptors (Lipinski definition) is 4. The van der Waals surface area contributed by atoms with E-state index in [1.54, 1.807) is 5.55 Å². The van der Waals surface area contributed by atoms with Gasteiger partial charge in [-0.1, -0.05) is 36.0 Å². The molecule has 2 aliphatic heterocycles. The molecule has 1 nitrogen and oxygen atoms in total. The molecule has 0 aliphatic carbocycles. The summed E-state index contributed by atoms with van der Waals surface area (Å²) in [4.78, 5) is 8.10. The van der Waals surface area contributed by atoms with Crippen LogP contribution in [0.2, 0.25) is 0 Å². The van der Waals surface area contributed by atoms with Gasteiger partial charge in [0.25, 0.3) is 0 Å². The van der Waals surface area contributed by atoms with E-state index in [2.05, 4.69) is 29.3 Å². The minimum atomic E-state index is -1.53. The van der Waals surface area contributed by atoms with Gasteiger partial charge in [0.05, 0.1) is 11.2 Å². The van der Waals surface area contributed by atoms with Gasteiger partial charge < -0.3 is 0 Å². The van der Waals surface area contributed by atoms with Crippen LogP contribution in [0.4, 0.5) is 5.69 Å². The first-order valence-corrected chi connectivity index (χ1v) is 9.68. The summed E-state index contributed by atoms with van der Waals surface area (Å²) in [5, 5.41) is 0. The van der Waals surface area contributed by atoms with Crippen LogP contribution in [0.1, 0.15) is 0 Å². The summed E-state index contributed by atoms with van der Waals surface area (Å²) in [6, 6.07) is 16.2. The highest BCUT2D eigenvalue weighted by Gasteiger charge is 2.14. The molecule has 0 amide bonds. The van der Waals surface area contributed by atoms with Crippen molar-refractivity contribution in [2.75, 3.05) is 0 Å². The van der Waals surface area contributed by atoms with Crippen LogP contribution in [0.25, 0.3) is 0 Å². The summed E-state index contributed by atoms with van der Waals surface area (Å²) in [6.45, 7) is 0. The Morgan fingerprint density at radius 1 is 0.889 bits per heavy atom. The highest BCUT2D eigenvalue weighted by Crippen LogP contribution is 2.47. The summed E-state index contributed by atoms with van der Waals surface area (Å²) in [6.07, 6.45) is 0. The second kappa shape index (κ2) is 4.74. The Labute approximate surface area is 120 Å². The van der Waals surface area contributed by atoms with Gasteiger partial charge in [-0.15, -0.1) is 0 Å². The standard InChI is InChI=1S/C7H5NS3.C6H4S/c9-11(10)5-8-6-3-1-2-4-7(6)11;1-2-4-6-5(3-1)7-6/h1-5H;1-4H. The van der Waals surface area contributed by atoms with Crippen LogP contribution < -0.4 is 0 Å². The molecule has 5 heteroatoms. The number of para-hydroxylation sites is 1. The summed E-state index contributed by atoms with van der Waals surface area (Å²) in [5.74, 6) is 0. The van der Waals surface area contributed by atoms with E-state index in [0.29, 0.717) is 0 Å². The maximum atomic E-state index is 5.21. The van der Waals surface area contributed by atoms with E-state index in [0.717, 1.165) is 10.6 Å². The topological polar surface area (TPSA) is 12.4 Å². The lowest BCUT2D eigenvalue weighted by Gasteiger charge is -1.97. The van der Waals surface area contributed by atoms with Crippen LogP contribution in [0, 0.1) is 0 Å². The predicted octanol–water partition coefficient (Wildman–Crippen LogP) is 3.95. The summed E-state index contributed by atoms with van der Waals surface area (Å²) in [7, 11) is -1.53. The molecule has 0 aromatic heterocycles. The van der Waals surface area contributed by atoms with E-state index in [1.807, 2.05) is 36.0 Å². The number of fused-ring (bicyclic) bond motifs is 2. The first-order valence-electron chi connectivity index (χ1n) is 5.32. The van der Waals surface area contributed by atoms with Crippen molar-refractivity contribution in [2.24, 2.45) is 4.99 Å². The Kier molecular flexibility index (Phi) is 3.23. The zero-order valence-electron chi connectivity index (χ0n) is 9.28. The lowest BCUT2D eigenvalue weighted by atomic mass is 10.3. The van der Waals surface area contributed by atoms with Crippen LogP contribution in [0.3, 0.4) is 0 Å². The van der Waals surface area contributed by atoms with Crippen LogP contribution in [-0.4, -0.2) is 5.55 Å². The van der Waals surface area contributed by atoms with Gasteiger partial charge in [-0.05, 0) is 53.8 Å². The molecule has 90 valence electrons. The number of aliphatic imine (C=N–C) groups is 1. The number of hydrogen-bond donors (Lipinski definition) is 0. The Morgan fingerprint density at radius 3 is 2.11 bits per heavy atom. The molecule has 2 aromatic carbocycles. The Morgan fingerprint density at radius 2 is 1.50 bits per heavy atom. The molecule has 18 heavy (non-hydrogen) atoms. The van der Waals surface area contributed by atoms with E-state index in [1.165, 1.54) is 9.79 Å². The fraction of sp³-hybridized carbons (Fsp3) is 0. The zero-order chi connectivity index (χ0) is 12.6. The molecular weight excluding hydrogens is 298 g/mol. The Hall–Kier alpha value is -0.750. The summed E-state index contributed by atoms with van der Waals surface area (Å²) >= 11 is 12.3. The van der Waals surface area contributed by atoms with Crippen LogP contribution in [0.15, 0.2) is 68.2 Å².